The van der Waals surface area contributed by atoms with Gasteiger partial charge in [-0.25, -0.2) is 4.39 Å². The van der Waals surface area contributed by atoms with E-state index < -0.39 is 5.82 Å². The average molecular weight is 629 g/mol. The molecule has 3 aliphatic heterocycles. The number of aryl methyl sites for hydroxylation is 1. The van der Waals surface area contributed by atoms with Crippen LogP contribution < -0.4 is 0 Å². The Morgan fingerprint density at radius 3 is 2.48 bits per heavy atom. The van der Waals surface area contributed by atoms with Crippen molar-refractivity contribution in [2.75, 3.05) is 52.9 Å². The number of benzene rings is 1. The summed E-state index contributed by atoms with van der Waals surface area (Å²) in [5, 5.41) is 1.19. The number of carbonyl (C=O) groups is 2. The number of hydrogen-bond donors (Lipinski definition) is 0. The standard InChI is InChI=1S/C37H49FN6O2/c1-23(2)40(5)37(46)33-13-31(38)6-7-34(33)44-22-28(36-24(3)14-39-15-35(36)44)10-26-8-9-41(16-26)17-27-11-32(12-27)43-20-29-18-42(25(4)45)19-30(29)21-43/h6-7,13-15,22-23,26-27,29-30,32H,8-12,16-21H2,1-5H3/t26-,27-,29-,30-,32+/m1/s1. The molecular formula is C37H49FN6O2. The van der Waals surface area contributed by atoms with Crippen molar-refractivity contribution >= 4 is 22.7 Å². The summed E-state index contributed by atoms with van der Waals surface area (Å²) in [4.78, 5) is 38.9. The molecule has 5 heterocycles. The van der Waals surface area contributed by atoms with Gasteiger partial charge in [0.05, 0.1) is 23.0 Å². The van der Waals surface area contributed by atoms with E-state index in [-0.39, 0.29) is 17.9 Å². The van der Waals surface area contributed by atoms with E-state index in [1.165, 1.54) is 62.0 Å². The monoisotopic (exact) mass is 628 g/mol. The van der Waals surface area contributed by atoms with Gasteiger partial charge in [0.25, 0.3) is 5.91 Å². The van der Waals surface area contributed by atoms with Gasteiger partial charge in [0.1, 0.15) is 5.82 Å². The van der Waals surface area contributed by atoms with Crippen LogP contribution >= 0.6 is 0 Å². The summed E-state index contributed by atoms with van der Waals surface area (Å²) >= 11 is 0. The second-order valence-corrected chi connectivity index (χ2v) is 15.1. The topological polar surface area (TPSA) is 64.9 Å². The van der Waals surface area contributed by atoms with Crippen molar-refractivity contribution < 1.29 is 14.0 Å². The van der Waals surface area contributed by atoms with Gasteiger partial charge in [0.15, 0.2) is 0 Å². The highest BCUT2D eigenvalue weighted by Crippen LogP contribution is 2.40. The molecule has 2 amide bonds. The Kier molecular flexibility index (Phi) is 8.42. The minimum Gasteiger partial charge on any atom is -0.342 e. The second-order valence-electron chi connectivity index (χ2n) is 15.1. The van der Waals surface area contributed by atoms with E-state index in [0.717, 1.165) is 55.6 Å². The van der Waals surface area contributed by atoms with Crippen LogP contribution in [0.15, 0.2) is 36.8 Å². The van der Waals surface area contributed by atoms with Crippen LogP contribution in [0.4, 0.5) is 4.39 Å². The molecule has 3 saturated heterocycles. The van der Waals surface area contributed by atoms with Crippen molar-refractivity contribution in [3.8, 4) is 5.69 Å². The molecule has 246 valence electrons. The molecule has 2 aromatic heterocycles. The van der Waals surface area contributed by atoms with E-state index in [9.17, 15) is 14.0 Å². The Labute approximate surface area is 272 Å². The Balaban J connectivity index is 1.00. The summed E-state index contributed by atoms with van der Waals surface area (Å²) in [6.07, 6.45) is 10.7. The summed E-state index contributed by atoms with van der Waals surface area (Å²) in [7, 11) is 1.77. The fraction of sp³-hybridized carbons (Fsp3) is 0.595. The second kappa shape index (κ2) is 12.4. The summed E-state index contributed by atoms with van der Waals surface area (Å²) in [5.74, 6) is 2.33. The largest absolute Gasteiger partial charge is 0.342 e. The van der Waals surface area contributed by atoms with Crippen LogP contribution in [0.2, 0.25) is 0 Å². The molecule has 7 rings (SSSR count). The zero-order valence-electron chi connectivity index (χ0n) is 28.1. The van der Waals surface area contributed by atoms with E-state index in [0.29, 0.717) is 29.0 Å². The molecule has 0 N–H and O–H groups in total. The maximum Gasteiger partial charge on any atom is 0.256 e. The third-order valence-electron chi connectivity index (χ3n) is 11.6. The van der Waals surface area contributed by atoms with E-state index in [4.69, 9.17) is 0 Å². The molecule has 3 atom stereocenters. The number of amides is 2. The predicted octanol–water partition coefficient (Wildman–Crippen LogP) is 5.01. The number of hydrogen-bond acceptors (Lipinski definition) is 5. The molecule has 1 aliphatic carbocycles. The fourth-order valence-electron chi connectivity index (χ4n) is 8.76. The van der Waals surface area contributed by atoms with E-state index in [1.807, 2.05) is 31.1 Å². The Morgan fingerprint density at radius 1 is 1.04 bits per heavy atom. The molecule has 0 spiro atoms. The SMILES string of the molecule is CC(=O)N1C[C@@H]2CN([C@H]3C[C@@H](CN4CC[C@H](Cc5cn(-c6ccc(F)cc6C(=O)N(C)C(C)C)c6cncc(C)c56)C4)C3)C[C@H]2C1. The van der Waals surface area contributed by atoms with Crippen LogP contribution in [0.25, 0.3) is 16.6 Å². The van der Waals surface area contributed by atoms with Gasteiger partial charge in [-0.2, -0.15) is 0 Å². The van der Waals surface area contributed by atoms with Gasteiger partial charge in [-0.05, 0) is 106 Å². The van der Waals surface area contributed by atoms with Gasteiger partial charge in [-0.3, -0.25) is 19.5 Å². The molecule has 1 saturated carbocycles. The zero-order valence-corrected chi connectivity index (χ0v) is 28.1. The van der Waals surface area contributed by atoms with Gasteiger partial charge in [0.2, 0.25) is 5.91 Å². The highest BCUT2D eigenvalue weighted by molar-refractivity contribution is 5.99. The number of rotatable bonds is 8. The van der Waals surface area contributed by atoms with Crippen LogP contribution in [0, 0.1) is 36.4 Å². The van der Waals surface area contributed by atoms with Crippen molar-refractivity contribution in [3.63, 3.8) is 0 Å². The number of fused-ring (bicyclic) bond motifs is 2. The molecule has 0 unspecified atom stereocenters. The lowest BCUT2D eigenvalue weighted by molar-refractivity contribution is -0.128. The van der Waals surface area contributed by atoms with Crippen molar-refractivity contribution in [1.29, 1.82) is 0 Å². The van der Waals surface area contributed by atoms with Crippen LogP contribution in [-0.2, 0) is 11.2 Å². The third kappa shape index (κ3) is 5.85. The molecule has 4 fully saturated rings. The van der Waals surface area contributed by atoms with Gasteiger partial charge in [-0.15, -0.1) is 0 Å². The Bertz CT molecular complexity index is 1620. The first kappa shape index (κ1) is 31.3. The first-order chi connectivity index (χ1) is 22.0. The summed E-state index contributed by atoms with van der Waals surface area (Å²) < 4.78 is 16.5. The van der Waals surface area contributed by atoms with Crippen molar-refractivity contribution in [2.24, 2.45) is 23.7 Å². The first-order valence-corrected chi connectivity index (χ1v) is 17.3. The number of carbonyl (C=O) groups excluding carboxylic acids is 2. The predicted molar refractivity (Wildman–Crippen MR) is 179 cm³/mol. The molecule has 1 aromatic carbocycles. The first-order valence-electron chi connectivity index (χ1n) is 17.3. The highest BCUT2D eigenvalue weighted by Gasteiger charge is 2.45. The average Bonchev–Trinajstić information content (AvgIpc) is 3.77. The lowest BCUT2D eigenvalue weighted by Crippen LogP contribution is -2.47. The number of aromatic nitrogens is 2. The van der Waals surface area contributed by atoms with Crippen LogP contribution in [0.5, 0.6) is 0 Å². The molecule has 8 nitrogen and oxygen atoms in total. The maximum absolute atomic E-state index is 14.5. The van der Waals surface area contributed by atoms with Crippen LogP contribution in [-0.4, -0.2) is 106 Å². The Morgan fingerprint density at radius 2 is 1.78 bits per heavy atom. The van der Waals surface area contributed by atoms with Gasteiger partial charge in [0, 0.05) is 83.1 Å². The molecule has 9 heteroatoms. The minimum atomic E-state index is -0.414. The van der Waals surface area contributed by atoms with Crippen molar-refractivity contribution in [2.45, 2.75) is 65.5 Å². The smallest absolute Gasteiger partial charge is 0.256 e. The summed E-state index contributed by atoms with van der Waals surface area (Å²) in [6.45, 7) is 15.4. The van der Waals surface area contributed by atoms with Gasteiger partial charge < -0.3 is 19.3 Å². The lowest BCUT2D eigenvalue weighted by Gasteiger charge is -2.43. The Hall–Kier alpha value is -3.30. The van der Waals surface area contributed by atoms with Crippen molar-refractivity contribution in [1.82, 2.24) is 29.2 Å². The summed E-state index contributed by atoms with van der Waals surface area (Å²) in [5.41, 5.74) is 4.40. The third-order valence-corrected chi connectivity index (χ3v) is 11.6. The normalized spacial score (nSPS) is 26.7. The summed E-state index contributed by atoms with van der Waals surface area (Å²) in [6, 6.07) is 5.25. The molecule has 46 heavy (non-hydrogen) atoms. The van der Waals surface area contributed by atoms with Gasteiger partial charge in [-0.1, -0.05) is 0 Å². The van der Waals surface area contributed by atoms with E-state index in [1.54, 1.807) is 24.9 Å². The molecule has 0 radical (unpaired) electrons. The lowest BCUT2D eigenvalue weighted by atomic mass is 9.79. The molecular weight excluding hydrogens is 579 g/mol. The molecule has 0 bridgehead atoms. The zero-order chi connectivity index (χ0) is 32.3. The number of halogens is 1. The highest BCUT2D eigenvalue weighted by atomic mass is 19.1. The number of likely N-dealkylation sites (tertiary alicyclic amines) is 3. The maximum atomic E-state index is 14.5. The van der Waals surface area contributed by atoms with E-state index >= 15 is 0 Å². The quantitative estimate of drug-likeness (QED) is 0.351. The van der Waals surface area contributed by atoms with E-state index in [2.05, 4.69) is 32.5 Å². The van der Waals surface area contributed by atoms with Gasteiger partial charge >= 0.3 is 0 Å². The van der Waals surface area contributed by atoms with Crippen LogP contribution in [0.3, 0.4) is 0 Å². The van der Waals surface area contributed by atoms with Crippen LogP contribution in [0.1, 0.15) is 61.5 Å². The minimum absolute atomic E-state index is 0.000591. The number of nitrogens with zero attached hydrogens (tertiary/aromatic N) is 6. The molecule has 4 aliphatic rings. The fourth-order valence-corrected chi connectivity index (χ4v) is 8.76. The molecule has 3 aromatic rings. The number of pyridine rings is 1. The van der Waals surface area contributed by atoms with Crippen molar-refractivity contribution in [3.05, 3.63) is 59.3 Å².